The zero-order valence-electron chi connectivity index (χ0n) is 14.3. The number of hydrogen-bond acceptors (Lipinski definition) is 6. The van der Waals surface area contributed by atoms with Crippen molar-refractivity contribution in [2.24, 2.45) is 0 Å². The molecule has 7 heteroatoms. The van der Waals surface area contributed by atoms with Crippen molar-refractivity contribution in [3.63, 3.8) is 0 Å². The molecule has 0 spiro atoms. The summed E-state index contributed by atoms with van der Waals surface area (Å²) in [5, 5.41) is 0.675. The van der Waals surface area contributed by atoms with Crippen LogP contribution < -0.4 is 14.7 Å². The van der Waals surface area contributed by atoms with E-state index in [0.717, 1.165) is 56.7 Å². The van der Waals surface area contributed by atoms with Crippen LogP contribution in [0.25, 0.3) is 0 Å². The quantitative estimate of drug-likeness (QED) is 0.840. The molecule has 0 saturated carbocycles. The highest BCUT2D eigenvalue weighted by molar-refractivity contribution is 6.30. The van der Waals surface area contributed by atoms with Gasteiger partial charge in [0.2, 0.25) is 0 Å². The van der Waals surface area contributed by atoms with E-state index in [0.29, 0.717) is 5.02 Å². The molecule has 2 aliphatic heterocycles. The van der Waals surface area contributed by atoms with E-state index in [1.165, 1.54) is 19.3 Å². The van der Waals surface area contributed by atoms with E-state index in [9.17, 15) is 0 Å². The van der Waals surface area contributed by atoms with Gasteiger partial charge in [-0.1, -0.05) is 11.6 Å². The molecule has 6 nitrogen and oxygen atoms in total. The second kappa shape index (κ2) is 7.44. The lowest BCUT2D eigenvalue weighted by molar-refractivity contribution is 0.572. The van der Waals surface area contributed by atoms with Gasteiger partial charge in [-0.15, -0.1) is 0 Å². The molecule has 0 amide bonds. The van der Waals surface area contributed by atoms with E-state index in [1.807, 2.05) is 12.1 Å². The van der Waals surface area contributed by atoms with Crippen LogP contribution in [0.4, 0.5) is 17.5 Å². The van der Waals surface area contributed by atoms with Crippen LogP contribution in [0.1, 0.15) is 19.3 Å². The van der Waals surface area contributed by atoms with Crippen LogP contribution in [-0.4, -0.2) is 54.2 Å². The van der Waals surface area contributed by atoms with Gasteiger partial charge in [0.1, 0.15) is 23.8 Å². The van der Waals surface area contributed by atoms with Crippen molar-refractivity contribution in [2.75, 3.05) is 54.0 Å². The largest absolute Gasteiger partial charge is 0.356 e. The SMILES string of the molecule is Clc1ccc(N2CCN(c3cc(N4CCCCC4)ncn3)CC2)nc1. The highest BCUT2D eigenvalue weighted by Crippen LogP contribution is 2.23. The minimum Gasteiger partial charge on any atom is -0.356 e. The fourth-order valence-electron chi connectivity index (χ4n) is 3.53. The molecule has 0 radical (unpaired) electrons. The van der Waals surface area contributed by atoms with Gasteiger partial charge in [0, 0.05) is 51.5 Å². The van der Waals surface area contributed by atoms with E-state index < -0.39 is 0 Å². The fraction of sp³-hybridized carbons (Fsp3) is 0.500. The first kappa shape index (κ1) is 16.4. The van der Waals surface area contributed by atoms with Gasteiger partial charge in [-0.25, -0.2) is 15.0 Å². The number of nitrogens with zero attached hydrogens (tertiary/aromatic N) is 6. The van der Waals surface area contributed by atoms with E-state index in [1.54, 1.807) is 12.5 Å². The highest BCUT2D eigenvalue weighted by atomic mass is 35.5. The summed E-state index contributed by atoms with van der Waals surface area (Å²) < 4.78 is 0. The molecular formula is C18H23ClN6. The van der Waals surface area contributed by atoms with Crippen LogP contribution in [0, 0.1) is 0 Å². The lowest BCUT2D eigenvalue weighted by atomic mass is 10.1. The zero-order valence-corrected chi connectivity index (χ0v) is 15.1. The van der Waals surface area contributed by atoms with Crippen LogP contribution in [0.2, 0.25) is 5.02 Å². The summed E-state index contributed by atoms with van der Waals surface area (Å²) in [6.45, 7) is 5.93. The first-order valence-electron chi connectivity index (χ1n) is 8.98. The molecular weight excluding hydrogens is 336 g/mol. The van der Waals surface area contributed by atoms with Gasteiger partial charge < -0.3 is 14.7 Å². The number of halogens is 1. The van der Waals surface area contributed by atoms with Gasteiger partial charge in [-0.3, -0.25) is 0 Å². The van der Waals surface area contributed by atoms with E-state index in [2.05, 4.69) is 35.7 Å². The molecule has 0 unspecified atom stereocenters. The number of piperazine rings is 1. The molecule has 2 saturated heterocycles. The van der Waals surface area contributed by atoms with Crippen LogP contribution in [-0.2, 0) is 0 Å². The Hall–Kier alpha value is -2.08. The maximum absolute atomic E-state index is 5.93. The number of hydrogen-bond donors (Lipinski definition) is 0. The Morgan fingerprint density at radius 1 is 0.680 bits per heavy atom. The van der Waals surface area contributed by atoms with Gasteiger partial charge in [0.25, 0.3) is 0 Å². The topological polar surface area (TPSA) is 48.4 Å². The Bertz CT molecular complexity index is 693. The molecule has 0 atom stereocenters. The maximum Gasteiger partial charge on any atom is 0.134 e. The number of rotatable bonds is 3. The van der Waals surface area contributed by atoms with E-state index in [4.69, 9.17) is 11.6 Å². The van der Waals surface area contributed by atoms with Crippen LogP contribution in [0.3, 0.4) is 0 Å². The van der Waals surface area contributed by atoms with Gasteiger partial charge >= 0.3 is 0 Å². The smallest absolute Gasteiger partial charge is 0.134 e. The standard InChI is InChI=1S/C18H23ClN6/c19-15-4-5-16(20-13-15)24-8-10-25(11-9-24)18-12-17(21-14-22-18)23-6-2-1-3-7-23/h4-5,12-14H,1-3,6-11H2. The van der Waals surface area contributed by atoms with Crippen molar-refractivity contribution < 1.29 is 0 Å². The maximum atomic E-state index is 5.93. The third kappa shape index (κ3) is 3.79. The van der Waals surface area contributed by atoms with Crippen molar-refractivity contribution in [3.05, 3.63) is 35.7 Å². The summed E-state index contributed by atoms with van der Waals surface area (Å²) in [6, 6.07) is 6.02. The zero-order chi connectivity index (χ0) is 17.1. The summed E-state index contributed by atoms with van der Waals surface area (Å²) >= 11 is 5.93. The summed E-state index contributed by atoms with van der Waals surface area (Å²) in [5.41, 5.74) is 0. The Morgan fingerprint density at radius 2 is 1.28 bits per heavy atom. The van der Waals surface area contributed by atoms with Crippen molar-refractivity contribution in [1.29, 1.82) is 0 Å². The van der Waals surface area contributed by atoms with Crippen molar-refractivity contribution in [3.8, 4) is 0 Å². The summed E-state index contributed by atoms with van der Waals surface area (Å²) in [6.07, 6.45) is 7.25. The van der Waals surface area contributed by atoms with Gasteiger partial charge in [-0.2, -0.15) is 0 Å². The van der Waals surface area contributed by atoms with Crippen molar-refractivity contribution in [2.45, 2.75) is 19.3 Å². The Balaban J connectivity index is 1.41. The average molecular weight is 359 g/mol. The number of anilines is 3. The van der Waals surface area contributed by atoms with Crippen LogP contribution in [0.5, 0.6) is 0 Å². The summed E-state index contributed by atoms with van der Waals surface area (Å²) in [5.74, 6) is 3.08. The van der Waals surface area contributed by atoms with Crippen LogP contribution in [0.15, 0.2) is 30.7 Å². The predicted octanol–water partition coefficient (Wildman–Crippen LogP) is 2.84. The minimum atomic E-state index is 0.675. The van der Waals surface area contributed by atoms with Crippen LogP contribution >= 0.6 is 11.6 Å². The molecule has 4 heterocycles. The first-order valence-corrected chi connectivity index (χ1v) is 9.36. The van der Waals surface area contributed by atoms with Crippen molar-refractivity contribution >= 4 is 29.1 Å². The summed E-state index contributed by atoms with van der Waals surface area (Å²) in [4.78, 5) is 20.4. The van der Waals surface area contributed by atoms with Gasteiger partial charge in [0.05, 0.1) is 5.02 Å². The molecule has 2 aliphatic rings. The van der Waals surface area contributed by atoms with Gasteiger partial charge in [-0.05, 0) is 31.4 Å². The predicted molar refractivity (Wildman–Crippen MR) is 102 cm³/mol. The molecule has 2 aromatic heterocycles. The number of aromatic nitrogens is 3. The normalized spacial score (nSPS) is 18.5. The third-order valence-electron chi connectivity index (χ3n) is 4.96. The molecule has 0 N–H and O–H groups in total. The summed E-state index contributed by atoms with van der Waals surface area (Å²) in [7, 11) is 0. The molecule has 132 valence electrons. The Kier molecular flexibility index (Phi) is 4.88. The molecule has 25 heavy (non-hydrogen) atoms. The molecule has 0 bridgehead atoms. The van der Waals surface area contributed by atoms with Crippen molar-refractivity contribution in [1.82, 2.24) is 15.0 Å². The number of piperidine rings is 1. The fourth-order valence-corrected chi connectivity index (χ4v) is 3.64. The first-order chi connectivity index (χ1) is 12.3. The lowest BCUT2D eigenvalue weighted by Gasteiger charge is -2.36. The van der Waals surface area contributed by atoms with E-state index >= 15 is 0 Å². The average Bonchev–Trinajstić information content (AvgIpc) is 2.70. The highest BCUT2D eigenvalue weighted by Gasteiger charge is 2.20. The second-order valence-corrected chi connectivity index (χ2v) is 7.03. The van der Waals surface area contributed by atoms with Gasteiger partial charge in [0.15, 0.2) is 0 Å². The lowest BCUT2D eigenvalue weighted by Crippen LogP contribution is -2.47. The molecule has 0 aromatic carbocycles. The monoisotopic (exact) mass is 358 g/mol. The number of pyridine rings is 1. The molecule has 4 rings (SSSR count). The van der Waals surface area contributed by atoms with E-state index in [-0.39, 0.29) is 0 Å². The molecule has 2 fully saturated rings. The Morgan fingerprint density at radius 3 is 1.88 bits per heavy atom. The minimum absolute atomic E-state index is 0.675. The molecule has 2 aromatic rings. The third-order valence-corrected chi connectivity index (χ3v) is 5.18. The molecule has 0 aliphatic carbocycles. The second-order valence-electron chi connectivity index (χ2n) is 6.59. The Labute approximate surface area is 153 Å².